The highest BCUT2D eigenvalue weighted by Crippen LogP contribution is 2.48. The van der Waals surface area contributed by atoms with Gasteiger partial charge in [0.15, 0.2) is 22.0 Å². The Morgan fingerprint density at radius 2 is 1.91 bits per heavy atom. The number of para-hydroxylation sites is 1. The standard InChI is InChI=1S/C14H15BrClNO6/c15-14(12(16)21)11(20)13(22,9(18)10(19)23-14)7-5-17-8-4-2-1-3-6(7)8/h1-5,9-12,17-22H/t9-,10-,11+,12?,13+,14-/m0/s1. The van der Waals surface area contributed by atoms with Gasteiger partial charge in [0.2, 0.25) is 0 Å². The maximum atomic E-state index is 11.1. The van der Waals surface area contributed by atoms with E-state index in [9.17, 15) is 25.5 Å². The molecule has 1 aromatic carbocycles. The molecule has 0 radical (unpaired) electrons. The SMILES string of the molecule is OC(Cl)[C@@]1(Br)O[C@H](O)[C@H](O)[C@](O)(c2c[nH]c3ccccc23)[C@H]1O. The van der Waals surface area contributed by atoms with Gasteiger partial charge < -0.3 is 35.3 Å². The Bertz CT molecular complexity index is 726. The second-order valence-corrected chi connectivity index (χ2v) is 7.12. The van der Waals surface area contributed by atoms with Crippen molar-refractivity contribution in [2.75, 3.05) is 0 Å². The molecule has 9 heteroatoms. The van der Waals surface area contributed by atoms with Crippen LogP contribution in [0.15, 0.2) is 30.5 Å². The molecule has 1 aliphatic rings. The van der Waals surface area contributed by atoms with Crippen LogP contribution in [0.2, 0.25) is 0 Å². The van der Waals surface area contributed by atoms with E-state index in [1.807, 2.05) is 0 Å². The Labute approximate surface area is 144 Å². The van der Waals surface area contributed by atoms with Crippen molar-refractivity contribution in [3.8, 4) is 0 Å². The summed E-state index contributed by atoms with van der Waals surface area (Å²) in [5.41, 5.74) is -3.37. The van der Waals surface area contributed by atoms with E-state index in [0.29, 0.717) is 10.9 Å². The van der Waals surface area contributed by atoms with Crippen molar-refractivity contribution in [2.24, 2.45) is 0 Å². The van der Waals surface area contributed by atoms with Gasteiger partial charge in [-0.1, -0.05) is 29.8 Å². The van der Waals surface area contributed by atoms with E-state index in [2.05, 4.69) is 20.9 Å². The van der Waals surface area contributed by atoms with E-state index in [-0.39, 0.29) is 5.56 Å². The van der Waals surface area contributed by atoms with Crippen molar-refractivity contribution in [2.45, 2.75) is 34.2 Å². The number of rotatable bonds is 2. The van der Waals surface area contributed by atoms with E-state index >= 15 is 0 Å². The average molecular weight is 409 g/mol. The quantitative estimate of drug-likeness (QED) is 0.391. The molecule has 1 fully saturated rings. The highest BCUT2D eigenvalue weighted by Gasteiger charge is 2.64. The first-order valence-electron chi connectivity index (χ1n) is 6.75. The molecule has 0 saturated carbocycles. The van der Waals surface area contributed by atoms with Gasteiger partial charge in [0.1, 0.15) is 12.2 Å². The monoisotopic (exact) mass is 407 g/mol. The molecule has 0 amide bonds. The minimum Gasteiger partial charge on any atom is -0.385 e. The average Bonchev–Trinajstić information content (AvgIpc) is 2.95. The summed E-state index contributed by atoms with van der Waals surface area (Å²) in [4.78, 5) is 2.91. The number of aromatic nitrogens is 1. The lowest BCUT2D eigenvalue weighted by Gasteiger charge is -2.51. The molecule has 1 unspecified atom stereocenters. The summed E-state index contributed by atoms with van der Waals surface area (Å²) in [6.45, 7) is 0. The van der Waals surface area contributed by atoms with Crippen molar-refractivity contribution in [3.05, 3.63) is 36.0 Å². The number of hydrogen-bond acceptors (Lipinski definition) is 6. The summed E-state index contributed by atoms with van der Waals surface area (Å²) in [5.74, 6) is 0. The number of aliphatic hydroxyl groups is 5. The third kappa shape index (κ3) is 2.33. The predicted molar refractivity (Wildman–Crippen MR) is 84.8 cm³/mol. The third-order valence-electron chi connectivity index (χ3n) is 4.16. The molecule has 1 aromatic heterocycles. The number of H-pyrrole nitrogens is 1. The van der Waals surface area contributed by atoms with Crippen molar-refractivity contribution in [1.82, 2.24) is 4.98 Å². The Hall–Kier alpha value is -0.710. The maximum absolute atomic E-state index is 11.1. The van der Waals surface area contributed by atoms with Crippen LogP contribution in [0.25, 0.3) is 10.9 Å². The van der Waals surface area contributed by atoms with Crippen LogP contribution in [0.5, 0.6) is 0 Å². The molecule has 1 aliphatic heterocycles. The zero-order valence-corrected chi connectivity index (χ0v) is 13.9. The molecule has 0 aliphatic carbocycles. The van der Waals surface area contributed by atoms with Crippen LogP contribution >= 0.6 is 27.5 Å². The second-order valence-electron chi connectivity index (χ2n) is 5.46. The Morgan fingerprint density at radius 1 is 1.26 bits per heavy atom. The third-order valence-corrected chi connectivity index (χ3v) is 5.80. The van der Waals surface area contributed by atoms with Gasteiger partial charge in [-0.05, 0) is 22.0 Å². The van der Waals surface area contributed by atoms with Crippen LogP contribution in [0.1, 0.15) is 5.56 Å². The zero-order valence-electron chi connectivity index (χ0n) is 11.6. The molecule has 0 spiro atoms. The molecule has 2 aromatic rings. The number of alkyl halides is 2. The largest absolute Gasteiger partial charge is 0.385 e. The van der Waals surface area contributed by atoms with Crippen LogP contribution in [-0.2, 0) is 10.3 Å². The van der Waals surface area contributed by atoms with Gasteiger partial charge in [0, 0.05) is 22.7 Å². The molecule has 126 valence electrons. The summed E-state index contributed by atoms with van der Waals surface area (Å²) < 4.78 is 2.90. The fourth-order valence-corrected chi connectivity index (χ4v) is 3.60. The number of nitrogens with one attached hydrogen (secondary N) is 1. The molecular formula is C14H15BrClNO6. The normalized spacial score (nSPS) is 39.5. The van der Waals surface area contributed by atoms with Crippen molar-refractivity contribution in [3.63, 3.8) is 0 Å². The first-order valence-corrected chi connectivity index (χ1v) is 7.98. The van der Waals surface area contributed by atoms with Crippen molar-refractivity contribution in [1.29, 1.82) is 0 Å². The number of fused-ring (bicyclic) bond motifs is 1. The summed E-state index contributed by atoms with van der Waals surface area (Å²) in [5, 5.41) is 52.1. The second kappa shape index (κ2) is 5.68. The predicted octanol–water partition coefficient (Wildman–Crippen LogP) is 0.0743. The van der Waals surface area contributed by atoms with E-state index in [1.165, 1.54) is 6.20 Å². The Kier molecular flexibility index (Phi) is 4.23. The topological polar surface area (TPSA) is 126 Å². The van der Waals surface area contributed by atoms with E-state index in [0.717, 1.165) is 0 Å². The lowest BCUT2D eigenvalue weighted by Crippen LogP contribution is -2.70. The minimum absolute atomic E-state index is 0.136. The van der Waals surface area contributed by atoms with Gasteiger partial charge in [0.25, 0.3) is 0 Å². The number of ether oxygens (including phenoxy) is 1. The smallest absolute Gasteiger partial charge is 0.194 e. The van der Waals surface area contributed by atoms with Crippen molar-refractivity contribution >= 4 is 38.4 Å². The molecule has 0 bridgehead atoms. The van der Waals surface area contributed by atoms with Crippen LogP contribution in [-0.4, -0.2) is 59.1 Å². The number of hydrogen-bond donors (Lipinski definition) is 6. The molecule has 7 nitrogen and oxygen atoms in total. The summed E-state index contributed by atoms with van der Waals surface area (Å²) in [6, 6.07) is 6.91. The van der Waals surface area contributed by atoms with Crippen LogP contribution in [0, 0.1) is 0 Å². The highest BCUT2D eigenvalue weighted by atomic mass is 79.9. The van der Waals surface area contributed by atoms with Gasteiger partial charge >= 0.3 is 0 Å². The maximum Gasteiger partial charge on any atom is 0.194 e. The van der Waals surface area contributed by atoms with Crippen molar-refractivity contribution < 1.29 is 30.3 Å². The number of aliphatic hydroxyl groups excluding tert-OH is 4. The summed E-state index contributed by atoms with van der Waals surface area (Å²) in [7, 11) is 0. The number of benzene rings is 1. The van der Waals surface area contributed by atoms with Gasteiger partial charge in [-0.2, -0.15) is 0 Å². The molecule has 2 heterocycles. The lowest BCUT2D eigenvalue weighted by molar-refractivity contribution is -0.337. The number of halogens is 2. The fourth-order valence-electron chi connectivity index (χ4n) is 2.89. The van der Waals surface area contributed by atoms with Gasteiger partial charge in [0.05, 0.1) is 0 Å². The molecule has 3 rings (SSSR count). The molecule has 23 heavy (non-hydrogen) atoms. The van der Waals surface area contributed by atoms with E-state index < -0.39 is 34.2 Å². The number of aromatic amines is 1. The molecule has 6 N–H and O–H groups in total. The minimum atomic E-state index is -2.35. The van der Waals surface area contributed by atoms with E-state index in [1.54, 1.807) is 24.3 Å². The van der Waals surface area contributed by atoms with Crippen LogP contribution in [0.4, 0.5) is 0 Å². The molecule has 1 saturated heterocycles. The summed E-state index contributed by atoms with van der Waals surface area (Å²) in [6.07, 6.45) is -4.26. The van der Waals surface area contributed by atoms with E-state index in [4.69, 9.17) is 16.3 Å². The van der Waals surface area contributed by atoms with Gasteiger partial charge in [-0.25, -0.2) is 0 Å². The van der Waals surface area contributed by atoms with Gasteiger partial charge in [-0.15, -0.1) is 0 Å². The first-order chi connectivity index (χ1) is 10.7. The summed E-state index contributed by atoms with van der Waals surface area (Å²) >= 11 is 8.55. The molecular weight excluding hydrogens is 394 g/mol. The highest BCUT2D eigenvalue weighted by molar-refractivity contribution is 9.10. The Morgan fingerprint density at radius 3 is 2.57 bits per heavy atom. The fraction of sp³-hybridized carbons (Fsp3) is 0.429. The van der Waals surface area contributed by atoms with Crippen LogP contribution < -0.4 is 0 Å². The van der Waals surface area contributed by atoms with Gasteiger partial charge in [-0.3, -0.25) is 0 Å². The Balaban J connectivity index is 2.20. The van der Waals surface area contributed by atoms with Crippen LogP contribution in [0.3, 0.4) is 0 Å². The lowest BCUT2D eigenvalue weighted by atomic mass is 9.78. The zero-order chi connectivity index (χ0) is 17.0. The first kappa shape index (κ1) is 17.1. The molecule has 6 atom stereocenters.